The van der Waals surface area contributed by atoms with Crippen LogP contribution in [0.25, 0.3) is 0 Å². The lowest BCUT2D eigenvalue weighted by molar-refractivity contribution is -0.121. The minimum absolute atomic E-state index is 0.0566. The zero-order valence-electron chi connectivity index (χ0n) is 11.2. The van der Waals surface area contributed by atoms with Crippen LogP contribution in [0.1, 0.15) is 11.4 Å². The molecule has 0 N–H and O–H groups in total. The monoisotopic (exact) mass is 341 g/mol. The smallest absolute Gasteiger partial charge is 0.247 e. The standard InChI is InChI=1S/C13H9F2N3O2S2/c1-6-16-17-13(21-6)22-10-5-11(19)18(12(10)20)9-3-2-7(14)4-8(9)15/h2-4,10H,5H2,1H3. The van der Waals surface area contributed by atoms with Crippen molar-refractivity contribution in [2.75, 3.05) is 4.90 Å². The van der Waals surface area contributed by atoms with E-state index < -0.39 is 28.7 Å². The molecule has 1 saturated heterocycles. The molecule has 1 aromatic heterocycles. The SMILES string of the molecule is Cc1nnc(SC2CC(=O)N(c3ccc(F)cc3F)C2=O)s1. The van der Waals surface area contributed by atoms with Gasteiger partial charge in [0.1, 0.15) is 21.9 Å². The van der Waals surface area contributed by atoms with E-state index >= 15 is 0 Å². The van der Waals surface area contributed by atoms with Crippen LogP contribution in [0.2, 0.25) is 0 Å². The molecule has 22 heavy (non-hydrogen) atoms. The molecule has 0 saturated carbocycles. The van der Waals surface area contributed by atoms with Gasteiger partial charge in [0.2, 0.25) is 11.8 Å². The first-order chi connectivity index (χ1) is 10.5. The highest BCUT2D eigenvalue weighted by Crippen LogP contribution is 2.35. The normalized spacial score (nSPS) is 18.3. The van der Waals surface area contributed by atoms with Crippen LogP contribution in [0.3, 0.4) is 0 Å². The predicted octanol–water partition coefficient (Wildman–Crippen LogP) is 2.55. The summed E-state index contributed by atoms with van der Waals surface area (Å²) < 4.78 is 27.3. The van der Waals surface area contributed by atoms with E-state index in [1.54, 1.807) is 6.92 Å². The van der Waals surface area contributed by atoms with Crippen molar-refractivity contribution in [3.05, 3.63) is 34.8 Å². The van der Waals surface area contributed by atoms with Gasteiger partial charge in [0.15, 0.2) is 4.34 Å². The van der Waals surface area contributed by atoms with Crippen LogP contribution < -0.4 is 4.90 Å². The van der Waals surface area contributed by atoms with Crippen molar-refractivity contribution >= 4 is 40.6 Å². The van der Waals surface area contributed by atoms with E-state index in [1.807, 2.05) is 0 Å². The molecular weight excluding hydrogens is 332 g/mol. The van der Waals surface area contributed by atoms with Crippen LogP contribution in [-0.4, -0.2) is 27.3 Å². The highest BCUT2D eigenvalue weighted by Gasteiger charge is 2.41. The molecule has 114 valence electrons. The zero-order valence-corrected chi connectivity index (χ0v) is 12.9. The van der Waals surface area contributed by atoms with Crippen LogP contribution in [0.4, 0.5) is 14.5 Å². The van der Waals surface area contributed by atoms with Crippen molar-refractivity contribution in [1.29, 1.82) is 0 Å². The molecule has 1 unspecified atom stereocenters. The van der Waals surface area contributed by atoms with E-state index in [-0.39, 0.29) is 12.1 Å². The fraction of sp³-hybridized carbons (Fsp3) is 0.231. The number of halogens is 2. The molecule has 1 aliphatic heterocycles. The van der Waals surface area contributed by atoms with Crippen LogP contribution in [-0.2, 0) is 9.59 Å². The van der Waals surface area contributed by atoms with E-state index in [2.05, 4.69) is 10.2 Å². The molecule has 9 heteroatoms. The van der Waals surface area contributed by atoms with Crippen LogP contribution in [0.5, 0.6) is 0 Å². The molecule has 0 bridgehead atoms. The van der Waals surface area contributed by atoms with Gasteiger partial charge in [-0.1, -0.05) is 23.1 Å². The molecule has 5 nitrogen and oxygen atoms in total. The van der Waals surface area contributed by atoms with Crippen molar-refractivity contribution in [3.63, 3.8) is 0 Å². The lowest BCUT2D eigenvalue weighted by Crippen LogP contribution is -2.31. The summed E-state index contributed by atoms with van der Waals surface area (Å²) in [6, 6.07) is 2.74. The van der Waals surface area contributed by atoms with Crippen LogP contribution >= 0.6 is 23.1 Å². The maximum Gasteiger partial charge on any atom is 0.247 e. The quantitative estimate of drug-likeness (QED) is 0.803. The third kappa shape index (κ3) is 2.73. The largest absolute Gasteiger partial charge is 0.274 e. The van der Waals surface area contributed by atoms with E-state index in [4.69, 9.17) is 0 Å². The number of hydrogen-bond donors (Lipinski definition) is 0. The van der Waals surface area contributed by atoms with Gasteiger partial charge < -0.3 is 0 Å². The molecule has 3 rings (SSSR count). The number of nitrogens with zero attached hydrogens (tertiary/aromatic N) is 3. The molecule has 2 heterocycles. The van der Waals surface area contributed by atoms with Gasteiger partial charge in [-0.2, -0.15) is 0 Å². The van der Waals surface area contributed by atoms with Crippen LogP contribution in [0.15, 0.2) is 22.5 Å². The van der Waals surface area contributed by atoms with Gasteiger partial charge >= 0.3 is 0 Å². The summed E-state index contributed by atoms with van der Waals surface area (Å²) in [6.45, 7) is 1.78. The molecule has 1 aliphatic rings. The van der Waals surface area contributed by atoms with E-state index in [0.717, 1.165) is 33.8 Å². The number of aromatic nitrogens is 2. The van der Waals surface area contributed by atoms with Crippen molar-refractivity contribution in [2.45, 2.75) is 22.9 Å². The number of anilines is 1. The minimum atomic E-state index is -0.945. The van der Waals surface area contributed by atoms with Crippen LogP contribution in [0, 0.1) is 18.6 Å². The molecule has 2 amide bonds. The second-order valence-electron chi connectivity index (χ2n) is 4.56. The van der Waals surface area contributed by atoms with Crippen molar-refractivity contribution < 1.29 is 18.4 Å². The highest BCUT2D eigenvalue weighted by molar-refractivity contribution is 8.02. The predicted molar refractivity (Wildman–Crippen MR) is 77.8 cm³/mol. The Bertz CT molecular complexity index is 765. The van der Waals surface area contributed by atoms with E-state index in [0.29, 0.717) is 10.4 Å². The number of aryl methyl sites for hydroxylation is 1. The molecule has 2 aromatic rings. The molecule has 0 aliphatic carbocycles. The Hall–Kier alpha value is -1.87. The Morgan fingerprint density at radius 3 is 2.73 bits per heavy atom. The number of carbonyl (C=O) groups is 2. The zero-order chi connectivity index (χ0) is 15.9. The average molecular weight is 341 g/mol. The lowest BCUT2D eigenvalue weighted by Gasteiger charge is -2.15. The Kier molecular flexibility index (Phi) is 3.92. The van der Waals surface area contributed by atoms with Gasteiger partial charge in [-0.3, -0.25) is 9.59 Å². The first kappa shape index (κ1) is 15.0. The van der Waals surface area contributed by atoms with Crippen molar-refractivity contribution in [1.82, 2.24) is 10.2 Å². The summed E-state index contributed by atoms with van der Waals surface area (Å²) in [5.74, 6) is -2.77. The molecule has 0 radical (unpaired) electrons. The van der Waals surface area contributed by atoms with Gasteiger partial charge in [0.05, 0.1) is 5.69 Å². The maximum absolute atomic E-state index is 13.8. The summed E-state index contributed by atoms with van der Waals surface area (Å²) in [5, 5.41) is 7.81. The van der Waals surface area contributed by atoms with Gasteiger partial charge in [-0.05, 0) is 19.1 Å². The molecule has 1 atom stereocenters. The van der Waals surface area contributed by atoms with Gasteiger partial charge in [-0.25, -0.2) is 13.7 Å². The lowest BCUT2D eigenvalue weighted by atomic mass is 10.2. The summed E-state index contributed by atoms with van der Waals surface area (Å²) in [6.07, 6.45) is -0.0566. The molecule has 1 aromatic carbocycles. The third-order valence-corrected chi connectivity index (χ3v) is 5.11. The van der Waals surface area contributed by atoms with Gasteiger partial charge in [-0.15, -0.1) is 10.2 Å². The average Bonchev–Trinajstić information content (AvgIpc) is 2.96. The number of hydrogen-bond acceptors (Lipinski definition) is 6. The summed E-state index contributed by atoms with van der Waals surface area (Å²) in [4.78, 5) is 25.1. The Morgan fingerprint density at radius 2 is 2.09 bits per heavy atom. The Labute approximate surface area is 132 Å². The number of thioether (sulfide) groups is 1. The number of rotatable bonds is 3. The van der Waals surface area contributed by atoms with E-state index in [9.17, 15) is 18.4 Å². The van der Waals surface area contributed by atoms with Gasteiger partial charge in [0, 0.05) is 12.5 Å². The Balaban J connectivity index is 1.85. The molecule has 1 fully saturated rings. The summed E-state index contributed by atoms with van der Waals surface area (Å²) >= 11 is 2.44. The minimum Gasteiger partial charge on any atom is -0.274 e. The number of amides is 2. The molecule has 0 spiro atoms. The number of carbonyl (C=O) groups excluding carboxylic acids is 2. The maximum atomic E-state index is 13.8. The van der Waals surface area contributed by atoms with Gasteiger partial charge in [0.25, 0.3) is 0 Å². The summed E-state index contributed by atoms with van der Waals surface area (Å²) in [7, 11) is 0. The second kappa shape index (κ2) is 5.73. The summed E-state index contributed by atoms with van der Waals surface area (Å²) in [5.41, 5.74) is -0.229. The Morgan fingerprint density at radius 1 is 1.32 bits per heavy atom. The first-order valence-electron chi connectivity index (χ1n) is 6.24. The number of imide groups is 1. The second-order valence-corrected chi connectivity index (χ2v) is 7.19. The van der Waals surface area contributed by atoms with Crippen molar-refractivity contribution in [2.24, 2.45) is 0 Å². The topological polar surface area (TPSA) is 63.2 Å². The van der Waals surface area contributed by atoms with E-state index in [1.165, 1.54) is 11.3 Å². The highest BCUT2D eigenvalue weighted by atomic mass is 32.2. The first-order valence-corrected chi connectivity index (χ1v) is 7.94. The molecular formula is C13H9F2N3O2S2. The third-order valence-electron chi connectivity index (χ3n) is 3.01. The fourth-order valence-corrected chi connectivity index (χ4v) is 4.14. The number of benzene rings is 1. The van der Waals surface area contributed by atoms with Crippen molar-refractivity contribution in [3.8, 4) is 0 Å². The fourth-order valence-electron chi connectivity index (χ4n) is 2.06.